The standard InChI is InChI=1S/C14H22N2O3/c1-11(17)15-14(3,10-19-12(2)18)8-7-13-6-5-9-16(13)4/h5-6,9H,7-8,10H2,1-4H3,(H,15,17)/t14-/m1/s1. The van der Waals surface area contributed by atoms with E-state index < -0.39 is 5.54 Å². The minimum absolute atomic E-state index is 0.124. The molecule has 19 heavy (non-hydrogen) atoms. The molecular weight excluding hydrogens is 244 g/mol. The number of rotatable bonds is 6. The molecule has 1 rings (SSSR count). The highest BCUT2D eigenvalue weighted by atomic mass is 16.5. The van der Waals surface area contributed by atoms with Gasteiger partial charge in [-0.05, 0) is 31.9 Å². The van der Waals surface area contributed by atoms with Gasteiger partial charge >= 0.3 is 5.97 Å². The first-order chi connectivity index (χ1) is 8.82. The molecule has 0 bridgehead atoms. The zero-order valence-corrected chi connectivity index (χ0v) is 12.0. The van der Waals surface area contributed by atoms with Gasteiger partial charge in [-0.2, -0.15) is 0 Å². The Morgan fingerprint density at radius 1 is 1.42 bits per heavy atom. The Morgan fingerprint density at radius 2 is 2.11 bits per heavy atom. The summed E-state index contributed by atoms with van der Waals surface area (Å²) >= 11 is 0. The third kappa shape index (κ3) is 5.16. The van der Waals surface area contributed by atoms with Gasteiger partial charge in [0.1, 0.15) is 6.61 Å². The minimum atomic E-state index is -0.540. The second-order valence-electron chi connectivity index (χ2n) is 5.13. The van der Waals surface area contributed by atoms with Crippen molar-refractivity contribution < 1.29 is 14.3 Å². The van der Waals surface area contributed by atoms with Gasteiger partial charge in [0.05, 0.1) is 5.54 Å². The summed E-state index contributed by atoms with van der Waals surface area (Å²) in [6.45, 7) is 4.91. The van der Waals surface area contributed by atoms with Crippen LogP contribution in [0, 0.1) is 0 Å². The predicted molar refractivity (Wildman–Crippen MR) is 72.6 cm³/mol. The van der Waals surface area contributed by atoms with Gasteiger partial charge in [0, 0.05) is 32.8 Å². The van der Waals surface area contributed by atoms with Gasteiger partial charge in [-0.25, -0.2) is 0 Å². The largest absolute Gasteiger partial charge is 0.463 e. The van der Waals surface area contributed by atoms with Crippen LogP contribution >= 0.6 is 0 Å². The number of aryl methyl sites for hydroxylation is 2. The third-order valence-electron chi connectivity index (χ3n) is 3.06. The third-order valence-corrected chi connectivity index (χ3v) is 3.06. The van der Waals surface area contributed by atoms with Crippen LogP contribution in [0.25, 0.3) is 0 Å². The first-order valence-corrected chi connectivity index (χ1v) is 6.35. The van der Waals surface area contributed by atoms with Gasteiger partial charge in [0.25, 0.3) is 0 Å². The van der Waals surface area contributed by atoms with E-state index in [9.17, 15) is 9.59 Å². The van der Waals surface area contributed by atoms with E-state index in [4.69, 9.17) is 4.74 Å². The molecule has 0 radical (unpaired) electrons. The molecule has 0 saturated carbocycles. The first-order valence-electron chi connectivity index (χ1n) is 6.35. The molecule has 5 nitrogen and oxygen atoms in total. The Balaban J connectivity index is 2.65. The molecule has 1 heterocycles. The number of ether oxygens (including phenoxy) is 1. The molecule has 1 aromatic heterocycles. The highest BCUT2D eigenvalue weighted by Gasteiger charge is 2.26. The van der Waals surface area contributed by atoms with Crippen molar-refractivity contribution in [2.24, 2.45) is 7.05 Å². The summed E-state index contributed by atoms with van der Waals surface area (Å²) < 4.78 is 7.09. The van der Waals surface area contributed by atoms with Crippen molar-refractivity contribution in [3.05, 3.63) is 24.0 Å². The quantitative estimate of drug-likeness (QED) is 0.792. The number of nitrogens with one attached hydrogen (secondary N) is 1. The first kappa shape index (κ1) is 15.3. The fourth-order valence-electron chi connectivity index (χ4n) is 2.02. The Labute approximate surface area is 113 Å². The number of amides is 1. The lowest BCUT2D eigenvalue weighted by molar-refractivity contribution is -0.144. The van der Waals surface area contributed by atoms with Gasteiger partial charge in [-0.15, -0.1) is 0 Å². The molecule has 0 unspecified atom stereocenters. The molecule has 106 valence electrons. The maximum Gasteiger partial charge on any atom is 0.302 e. The van der Waals surface area contributed by atoms with Crippen LogP contribution in [-0.4, -0.2) is 28.6 Å². The number of carbonyl (C=O) groups excluding carboxylic acids is 2. The number of esters is 1. The van der Waals surface area contributed by atoms with Crippen LogP contribution in [0.3, 0.4) is 0 Å². The zero-order valence-electron chi connectivity index (χ0n) is 12.0. The number of carbonyl (C=O) groups is 2. The molecule has 5 heteroatoms. The summed E-state index contributed by atoms with van der Waals surface area (Å²) in [5.74, 6) is -0.461. The molecule has 1 atom stereocenters. The van der Waals surface area contributed by atoms with E-state index in [1.807, 2.05) is 36.9 Å². The SMILES string of the molecule is CC(=O)N[C@](C)(CCc1cccn1C)COC(C)=O. The fraction of sp³-hybridized carbons (Fsp3) is 0.571. The van der Waals surface area contributed by atoms with Crippen molar-refractivity contribution in [3.8, 4) is 0 Å². The van der Waals surface area contributed by atoms with Crippen molar-refractivity contribution >= 4 is 11.9 Å². The molecule has 0 aliphatic carbocycles. The summed E-state index contributed by atoms with van der Waals surface area (Å²) in [6, 6.07) is 4.02. The Morgan fingerprint density at radius 3 is 2.58 bits per heavy atom. The molecule has 1 N–H and O–H groups in total. The highest BCUT2D eigenvalue weighted by molar-refractivity contribution is 5.74. The van der Waals surface area contributed by atoms with Crippen molar-refractivity contribution in [3.63, 3.8) is 0 Å². The van der Waals surface area contributed by atoms with Gasteiger partial charge in [-0.1, -0.05) is 0 Å². The maximum absolute atomic E-state index is 11.3. The van der Waals surface area contributed by atoms with Gasteiger partial charge in [-0.3, -0.25) is 9.59 Å². The van der Waals surface area contributed by atoms with Crippen LogP contribution in [0.15, 0.2) is 18.3 Å². The van der Waals surface area contributed by atoms with Crippen LogP contribution < -0.4 is 5.32 Å². The normalized spacial score (nSPS) is 13.7. The topological polar surface area (TPSA) is 60.3 Å². The number of nitrogens with zero attached hydrogens (tertiary/aromatic N) is 1. The van der Waals surface area contributed by atoms with E-state index in [0.717, 1.165) is 6.42 Å². The van der Waals surface area contributed by atoms with Crippen molar-refractivity contribution in [2.45, 2.75) is 39.2 Å². The van der Waals surface area contributed by atoms with Crippen molar-refractivity contribution in [1.29, 1.82) is 0 Å². The Hall–Kier alpha value is -1.78. The van der Waals surface area contributed by atoms with Crippen LogP contribution in [0.4, 0.5) is 0 Å². The van der Waals surface area contributed by atoms with Crippen LogP contribution in [0.2, 0.25) is 0 Å². The number of aromatic nitrogens is 1. The smallest absolute Gasteiger partial charge is 0.302 e. The fourth-order valence-corrected chi connectivity index (χ4v) is 2.02. The Bertz CT molecular complexity index is 453. The molecule has 1 amide bonds. The minimum Gasteiger partial charge on any atom is -0.463 e. The average molecular weight is 266 g/mol. The lowest BCUT2D eigenvalue weighted by Gasteiger charge is -2.29. The van der Waals surface area contributed by atoms with Crippen molar-refractivity contribution in [1.82, 2.24) is 9.88 Å². The second kappa shape index (κ2) is 6.41. The summed E-state index contributed by atoms with van der Waals surface area (Å²) in [4.78, 5) is 22.2. The monoisotopic (exact) mass is 266 g/mol. The van der Waals surface area contributed by atoms with E-state index in [1.165, 1.54) is 19.5 Å². The Kier molecular flexibility index (Phi) is 5.15. The van der Waals surface area contributed by atoms with Gasteiger partial charge in [0.15, 0.2) is 0 Å². The maximum atomic E-state index is 11.3. The van der Waals surface area contributed by atoms with Crippen molar-refractivity contribution in [2.75, 3.05) is 6.61 Å². The average Bonchev–Trinajstić information content (AvgIpc) is 2.69. The molecule has 0 saturated heterocycles. The van der Waals surface area contributed by atoms with E-state index >= 15 is 0 Å². The summed E-state index contributed by atoms with van der Waals surface area (Å²) in [5.41, 5.74) is 0.640. The highest BCUT2D eigenvalue weighted by Crippen LogP contribution is 2.15. The summed E-state index contributed by atoms with van der Waals surface area (Å²) in [5, 5.41) is 2.87. The molecular formula is C14H22N2O3. The van der Waals surface area contributed by atoms with E-state index in [-0.39, 0.29) is 18.5 Å². The number of hydrogen-bond acceptors (Lipinski definition) is 3. The van der Waals surface area contributed by atoms with E-state index in [2.05, 4.69) is 5.32 Å². The molecule has 0 fully saturated rings. The van der Waals surface area contributed by atoms with E-state index in [0.29, 0.717) is 6.42 Å². The van der Waals surface area contributed by atoms with E-state index in [1.54, 1.807) is 0 Å². The lowest BCUT2D eigenvalue weighted by atomic mass is 9.95. The van der Waals surface area contributed by atoms with Gasteiger partial charge in [0.2, 0.25) is 5.91 Å². The van der Waals surface area contributed by atoms with Crippen LogP contribution in [-0.2, 0) is 27.8 Å². The molecule has 1 aromatic rings. The second-order valence-corrected chi connectivity index (χ2v) is 5.13. The molecule has 0 aliphatic heterocycles. The summed E-state index contributed by atoms with van der Waals surface area (Å²) in [6.07, 6.45) is 3.50. The predicted octanol–water partition coefficient (Wildman–Crippen LogP) is 1.42. The van der Waals surface area contributed by atoms with Gasteiger partial charge < -0.3 is 14.6 Å². The summed E-state index contributed by atoms with van der Waals surface area (Å²) in [7, 11) is 1.98. The zero-order chi connectivity index (χ0) is 14.5. The number of hydrogen-bond donors (Lipinski definition) is 1. The molecule has 0 aromatic carbocycles. The van der Waals surface area contributed by atoms with Crippen LogP contribution in [0.5, 0.6) is 0 Å². The van der Waals surface area contributed by atoms with Crippen LogP contribution in [0.1, 0.15) is 32.9 Å². The molecule has 0 aliphatic rings. The molecule has 0 spiro atoms. The lowest BCUT2D eigenvalue weighted by Crippen LogP contribution is -2.49.